The number of anilines is 1. The molecule has 1 atom stereocenters. The predicted molar refractivity (Wildman–Crippen MR) is 144 cm³/mol. The average molecular weight is 552 g/mol. The third-order valence-electron chi connectivity index (χ3n) is 5.90. The van der Waals surface area contributed by atoms with Crippen molar-refractivity contribution in [2.24, 2.45) is 4.99 Å². The van der Waals surface area contributed by atoms with E-state index < -0.39 is 0 Å². The molecule has 1 aliphatic heterocycles. The van der Waals surface area contributed by atoms with Gasteiger partial charge < -0.3 is 20.3 Å². The van der Waals surface area contributed by atoms with Crippen molar-refractivity contribution in [3.63, 3.8) is 0 Å². The molecule has 2 aromatic rings. The standard InChI is InChI=1S/C25H37N5O.HI/c1-6-20-7-10-22(11-8-20)25(3,4)18-29-24(26-5)28-16-21-9-12-23(27-15-21)30-13-14-31-19(2)17-30;/h7-12,15,19H,6,13-14,16-18H2,1-5H3,(H2,26,28,29);1H. The zero-order chi connectivity index (χ0) is 22.3. The summed E-state index contributed by atoms with van der Waals surface area (Å²) in [5.41, 5.74) is 3.82. The predicted octanol–water partition coefficient (Wildman–Crippen LogP) is 4.13. The van der Waals surface area contributed by atoms with E-state index in [1.54, 1.807) is 7.05 Å². The van der Waals surface area contributed by atoms with Crippen molar-refractivity contribution in [3.05, 3.63) is 59.3 Å². The molecule has 1 saturated heterocycles. The summed E-state index contributed by atoms with van der Waals surface area (Å²) in [4.78, 5) is 11.3. The van der Waals surface area contributed by atoms with E-state index in [9.17, 15) is 0 Å². The largest absolute Gasteiger partial charge is 0.375 e. The second-order valence-electron chi connectivity index (χ2n) is 8.87. The number of hydrogen-bond donors (Lipinski definition) is 2. The van der Waals surface area contributed by atoms with Crippen LogP contribution in [0.2, 0.25) is 0 Å². The number of pyridine rings is 1. The van der Waals surface area contributed by atoms with Gasteiger partial charge in [0, 0.05) is 44.8 Å². The first-order valence-electron chi connectivity index (χ1n) is 11.3. The summed E-state index contributed by atoms with van der Waals surface area (Å²) < 4.78 is 5.62. The lowest BCUT2D eigenvalue weighted by molar-refractivity contribution is 0.0529. The molecule has 0 saturated carbocycles. The van der Waals surface area contributed by atoms with E-state index in [-0.39, 0.29) is 35.5 Å². The highest BCUT2D eigenvalue weighted by atomic mass is 127. The zero-order valence-electron chi connectivity index (χ0n) is 20.0. The Balaban J connectivity index is 0.00000363. The Hall–Kier alpha value is -1.87. The number of benzene rings is 1. The molecule has 1 fully saturated rings. The van der Waals surface area contributed by atoms with E-state index in [1.807, 2.05) is 6.20 Å². The number of aromatic nitrogens is 1. The quantitative estimate of drug-likeness (QED) is 0.308. The first-order valence-corrected chi connectivity index (χ1v) is 11.3. The monoisotopic (exact) mass is 551 g/mol. The smallest absolute Gasteiger partial charge is 0.191 e. The normalized spacial score (nSPS) is 17.0. The maximum absolute atomic E-state index is 5.62. The summed E-state index contributed by atoms with van der Waals surface area (Å²) in [7, 11) is 1.80. The van der Waals surface area contributed by atoms with E-state index >= 15 is 0 Å². The van der Waals surface area contributed by atoms with Gasteiger partial charge in [-0.2, -0.15) is 0 Å². The average Bonchev–Trinajstić information content (AvgIpc) is 2.79. The minimum absolute atomic E-state index is 0. The van der Waals surface area contributed by atoms with Crippen LogP contribution in [0.25, 0.3) is 0 Å². The van der Waals surface area contributed by atoms with Gasteiger partial charge in [-0.15, -0.1) is 24.0 Å². The van der Waals surface area contributed by atoms with Gasteiger partial charge in [0.15, 0.2) is 5.96 Å². The van der Waals surface area contributed by atoms with Crippen LogP contribution >= 0.6 is 24.0 Å². The molecule has 0 aliphatic carbocycles. The maximum Gasteiger partial charge on any atom is 0.191 e. The van der Waals surface area contributed by atoms with Crippen molar-refractivity contribution in [1.82, 2.24) is 15.6 Å². The van der Waals surface area contributed by atoms with Crippen LogP contribution in [0.5, 0.6) is 0 Å². The number of aryl methyl sites for hydroxylation is 1. The summed E-state index contributed by atoms with van der Waals surface area (Å²) in [6, 6.07) is 13.1. The second-order valence-corrected chi connectivity index (χ2v) is 8.87. The fraction of sp³-hybridized carbons (Fsp3) is 0.520. The van der Waals surface area contributed by atoms with Gasteiger partial charge in [-0.25, -0.2) is 4.98 Å². The van der Waals surface area contributed by atoms with Crippen LogP contribution in [0.1, 0.15) is 44.4 Å². The van der Waals surface area contributed by atoms with Crippen LogP contribution in [0, 0.1) is 0 Å². The fourth-order valence-electron chi connectivity index (χ4n) is 3.74. The Bertz CT molecular complexity index is 852. The number of nitrogens with one attached hydrogen (secondary N) is 2. The van der Waals surface area contributed by atoms with Crippen LogP contribution in [-0.2, 0) is 23.1 Å². The first-order chi connectivity index (χ1) is 14.9. The van der Waals surface area contributed by atoms with Gasteiger partial charge >= 0.3 is 0 Å². The van der Waals surface area contributed by atoms with Gasteiger partial charge in [-0.1, -0.05) is 51.1 Å². The molecule has 2 N–H and O–H groups in total. The molecule has 1 aromatic heterocycles. The molecule has 2 heterocycles. The van der Waals surface area contributed by atoms with Crippen LogP contribution in [0.15, 0.2) is 47.6 Å². The molecule has 0 spiro atoms. The molecule has 1 aliphatic rings. The number of hydrogen-bond acceptors (Lipinski definition) is 4. The molecule has 3 rings (SSSR count). The number of ether oxygens (including phenoxy) is 1. The third-order valence-corrected chi connectivity index (χ3v) is 5.90. The summed E-state index contributed by atoms with van der Waals surface area (Å²) in [5.74, 6) is 1.81. The Morgan fingerprint density at radius 2 is 1.88 bits per heavy atom. The summed E-state index contributed by atoms with van der Waals surface area (Å²) in [5, 5.41) is 6.87. The third kappa shape index (κ3) is 7.33. The lowest BCUT2D eigenvalue weighted by atomic mass is 9.84. The minimum atomic E-state index is 0. The highest BCUT2D eigenvalue weighted by Gasteiger charge is 2.21. The molecule has 176 valence electrons. The lowest BCUT2D eigenvalue weighted by Crippen LogP contribution is -2.43. The minimum Gasteiger partial charge on any atom is -0.375 e. The topological polar surface area (TPSA) is 61.8 Å². The number of rotatable bonds is 7. The maximum atomic E-state index is 5.62. The number of nitrogens with zero attached hydrogens (tertiary/aromatic N) is 3. The van der Waals surface area contributed by atoms with E-state index in [1.165, 1.54) is 11.1 Å². The van der Waals surface area contributed by atoms with Gasteiger partial charge in [0.2, 0.25) is 0 Å². The Labute approximate surface area is 210 Å². The molecule has 0 bridgehead atoms. The van der Waals surface area contributed by atoms with Gasteiger partial charge in [0.05, 0.1) is 12.7 Å². The first kappa shape index (κ1) is 26.4. The molecular formula is C25H38IN5O. The number of morpholine rings is 1. The Kier molecular flexibility index (Phi) is 10.2. The van der Waals surface area contributed by atoms with E-state index in [4.69, 9.17) is 4.74 Å². The van der Waals surface area contributed by atoms with E-state index in [2.05, 4.69) is 89.6 Å². The molecule has 0 radical (unpaired) electrons. The number of halogens is 1. The van der Waals surface area contributed by atoms with Gasteiger partial charge in [-0.3, -0.25) is 4.99 Å². The molecule has 6 nitrogen and oxygen atoms in total. The molecule has 7 heteroatoms. The van der Waals surface area contributed by atoms with Crippen molar-refractivity contribution in [3.8, 4) is 0 Å². The SMILES string of the molecule is CCc1ccc(C(C)(C)CNC(=NC)NCc2ccc(N3CCOC(C)C3)nc2)cc1.I. The highest BCUT2D eigenvalue weighted by molar-refractivity contribution is 14.0. The number of guanidine groups is 1. The Morgan fingerprint density at radius 3 is 2.47 bits per heavy atom. The van der Waals surface area contributed by atoms with Crippen LogP contribution in [-0.4, -0.2) is 50.3 Å². The van der Waals surface area contributed by atoms with Crippen molar-refractivity contribution >= 4 is 35.8 Å². The summed E-state index contributed by atoms with van der Waals surface area (Å²) in [6.45, 7) is 12.8. The van der Waals surface area contributed by atoms with Crippen LogP contribution in [0.4, 0.5) is 5.82 Å². The van der Waals surface area contributed by atoms with Crippen LogP contribution < -0.4 is 15.5 Å². The number of aliphatic imine (C=N–C) groups is 1. The molecule has 32 heavy (non-hydrogen) atoms. The van der Waals surface area contributed by atoms with Crippen LogP contribution in [0.3, 0.4) is 0 Å². The van der Waals surface area contributed by atoms with Crippen molar-refractivity contribution in [1.29, 1.82) is 0 Å². The second kappa shape index (κ2) is 12.4. The molecule has 0 amide bonds. The van der Waals surface area contributed by atoms with Crippen molar-refractivity contribution in [2.75, 3.05) is 38.2 Å². The van der Waals surface area contributed by atoms with Gasteiger partial charge in [-0.05, 0) is 36.1 Å². The summed E-state index contributed by atoms with van der Waals surface area (Å²) in [6.07, 6.45) is 3.26. The van der Waals surface area contributed by atoms with E-state index in [0.29, 0.717) is 6.54 Å². The summed E-state index contributed by atoms with van der Waals surface area (Å²) >= 11 is 0. The van der Waals surface area contributed by atoms with Crippen molar-refractivity contribution < 1.29 is 4.74 Å². The van der Waals surface area contributed by atoms with Crippen molar-refractivity contribution in [2.45, 2.75) is 52.2 Å². The van der Waals surface area contributed by atoms with Gasteiger partial charge in [0.1, 0.15) is 5.82 Å². The molecule has 1 aromatic carbocycles. The van der Waals surface area contributed by atoms with Gasteiger partial charge in [0.25, 0.3) is 0 Å². The zero-order valence-corrected chi connectivity index (χ0v) is 22.3. The Morgan fingerprint density at radius 1 is 1.16 bits per heavy atom. The van der Waals surface area contributed by atoms with E-state index in [0.717, 1.165) is 50.0 Å². The molecule has 1 unspecified atom stereocenters. The highest BCUT2D eigenvalue weighted by Crippen LogP contribution is 2.23. The fourth-order valence-corrected chi connectivity index (χ4v) is 3.74. The lowest BCUT2D eigenvalue weighted by Gasteiger charge is -2.32. The molecular weight excluding hydrogens is 513 g/mol.